The third-order valence-electron chi connectivity index (χ3n) is 4.70. The van der Waals surface area contributed by atoms with E-state index >= 15 is 0 Å². The Bertz CT molecular complexity index is 1530. The van der Waals surface area contributed by atoms with Crippen molar-refractivity contribution in [3.05, 3.63) is 87.5 Å². The minimum Gasteiger partial charge on any atom is -0.457 e. The Kier molecular flexibility index (Phi) is 7.03. The smallest absolute Gasteiger partial charge is 0.267 e. The number of aromatic nitrogens is 4. The van der Waals surface area contributed by atoms with Crippen molar-refractivity contribution in [2.45, 2.75) is 24.8 Å². The summed E-state index contributed by atoms with van der Waals surface area (Å²) in [6, 6.07) is 12.2. The first-order chi connectivity index (χ1) is 16.7. The van der Waals surface area contributed by atoms with Gasteiger partial charge >= 0.3 is 0 Å². The third kappa shape index (κ3) is 6.58. The van der Waals surface area contributed by atoms with Crippen LogP contribution >= 0.6 is 11.3 Å². The van der Waals surface area contributed by atoms with Crippen molar-refractivity contribution in [3.63, 3.8) is 0 Å². The Morgan fingerprint density at radius 2 is 1.86 bits per heavy atom. The molecule has 1 amide bonds. The van der Waals surface area contributed by atoms with Gasteiger partial charge in [0.15, 0.2) is 15.0 Å². The summed E-state index contributed by atoms with van der Waals surface area (Å²) in [5, 5.41) is 7.28. The molecule has 3 heterocycles. The zero-order chi connectivity index (χ0) is 25.0. The summed E-state index contributed by atoms with van der Waals surface area (Å²) in [6.45, 7) is 1.97. The molecule has 0 radical (unpaired) electrons. The molecule has 3 aromatic heterocycles. The molecule has 0 saturated carbocycles. The first kappa shape index (κ1) is 24.2. The van der Waals surface area contributed by atoms with Crippen molar-refractivity contribution in [2.24, 2.45) is 0 Å². The molecule has 4 aromatic rings. The van der Waals surface area contributed by atoms with Gasteiger partial charge in [-0.2, -0.15) is 5.10 Å². The van der Waals surface area contributed by atoms with Crippen LogP contribution in [0.15, 0.2) is 70.6 Å². The highest BCUT2D eigenvalue weighted by Gasteiger charge is 2.13. The van der Waals surface area contributed by atoms with Crippen molar-refractivity contribution < 1.29 is 17.9 Å². The fourth-order valence-corrected chi connectivity index (χ4v) is 4.45. The lowest BCUT2D eigenvalue weighted by atomic mass is 10.2. The lowest BCUT2D eigenvalue weighted by Crippen LogP contribution is -2.22. The highest BCUT2D eigenvalue weighted by molar-refractivity contribution is 7.90. The molecular weight excluding hydrogens is 490 g/mol. The van der Waals surface area contributed by atoms with Gasteiger partial charge in [-0.15, -0.1) is 11.3 Å². The minimum absolute atomic E-state index is 0.0486. The molecule has 12 heteroatoms. The Morgan fingerprint density at radius 1 is 1.11 bits per heavy atom. The fraction of sp³-hybridized carbons (Fsp3) is 0.174. The van der Waals surface area contributed by atoms with Gasteiger partial charge in [0.2, 0.25) is 5.91 Å². The van der Waals surface area contributed by atoms with Gasteiger partial charge in [-0.05, 0) is 37.3 Å². The Labute approximate surface area is 205 Å². The summed E-state index contributed by atoms with van der Waals surface area (Å²) in [6.07, 6.45) is 4.25. The Balaban J connectivity index is 1.60. The second-order valence-corrected chi connectivity index (χ2v) is 10.9. The van der Waals surface area contributed by atoms with Gasteiger partial charge in [-0.3, -0.25) is 14.6 Å². The highest BCUT2D eigenvalue weighted by atomic mass is 32.2. The van der Waals surface area contributed by atoms with E-state index in [0.29, 0.717) is 28.0 Å². The van der Waals surface area contributed by atoms with Crippen LogP contribution in [0.1, 0.15) is 16.3 Å². The molecule has 0 bridgehead atoms. The molecular formula is C23H21N5O5S2. The maximum atomic E-state index is 12.6. The van der Waals surface area contributed by atoms with Gasteiger partial charge in [-0.1, -0.05) is 0 Å². The van der Waals surface area contributed by atoms with Crippen molar-refractivity contribution in [1.82, 2.24) is 19.7 Å². The van der Waals surface area contributed by atoms with Gasteiger partial charge in [-0.25, -0.2) is 18.1 Å². The lowest BCUT2D eigenvalue weighted by Gasteiger charge is -2.11. The first-order valence-corrected chi connectivity index (χ1v) is 13.1. The summed E-state index contributed by atoms with van der Waals surface area (Å²) in [5.41, 5.74) is 0.583. The Morgan fingerprint density at radius 3 is 2.51 bits per heavy atom. The van der Waals surface area contributed by atoms with Crippen molar-refractivity contribution in [2.75, 3.05) is 11.6 Å². The Hall–Kier alpha value is -3.90. The second-order valence-electron chi connectivity index (χ2n) is 7.65. The largest absolute Gasteiger partial charge is 0.457 e. The molecule has 10 nitrogen and oxygen atoms in total. The summed E-state index contributed by atoms with van der Waals surface area (Å²) >= 11 is 1.36. The number of nitrogens with zero attached hydrogens (tertiary/aromatic N) is 4. The normalized spacial score (nSPS) is 11.3. The van der Waals surface area contributed by atoms with E-state index in [4.69, 9.17) is 4.74 Å². The SMILES string of the molecule is Cc1cnc(NC(=O)Cc2cc(Oc3ccc(S(C)(=O)=O)cc3)cc(Cn3ncccc3=O)n2)s1. The minimum atomic E-state index is -3.34. The van der Waals surface area contributed by atoms with Crippen LogP contribution in [0, 0.1) is 6.92 Å². The van der Waals surface area contributed by atoms with E-state index in [9.17, 15) is 18.0 Å². The number of carbonyl (C=O) groups excluding carboxylic acids is 1. The average Bonchev–Trinajstić information content (AvgIpc) is 3.19. The second kappa shape index (κ2) is 10.2. The summed E-state index contributed by atoms with van der Waals surface area (Å²) in [5.74, 6) is 0.472. The number of sulfone groups is 1. The van der Waals surface area contributed by atoms with Crippen molar-refractivity contribution in [3.8, 4) is 11.5 Å². The van der Waals surface area contributed by atoms with Crippen LogP contribution in [0.2, 0.25) is 0 Å². The molecule has 1 N–H and O–H groups in total. The predicted molar refractivity (Wildman–Crippen MR) is 131 cm³/mol. The topological polar surface area (TPSA) is 133 Å². The van der Waals surface area contributed by atoms with E-state index in [1.54, 1.807) is 24.4 Å². The van der Waals surface area contributed by atoms with Crippen molar-refractivity contribution >= 4 is 32.2 Å². The number of thiazole rings is 1. The molecule has 4 rings (SSSR count). The van der Waals surface area contributed by atoms with Gasteiger partial charge in [0, 0.05) is 41.7 Å². The number of nitrogens with one attached hydrogen (secondary N) is 1. The number of pyridine rings is 1. The quantitative estimate of drug-likeness (QED) is 0.382. The van der Waals surface area contributed by atoms with Crippen LogP contribution < -0.4 is 15.6 Å². The van der Waals surface area contributed by atoms with E-state index in [0.717, 1.165) is 11.1 Å². The maximum Gasteiger partial charge on any atom is 0.267 e. The molecule has 0 unspecified atom stereocenters. The van der Waals surface area contributed by atoms with Gasteiger partial charge in [0.25, 0.3) is 5.56 Å². The number of rotatable bonds is 8. The fourth-order valence-electron chi connectivity index (χ4n) is 3.14. The number of anilines is 1. The molecule has 0 aliphatic heterocycles. The number of carbonyl (C=O) groups is 1. The molecule has 180 valence electrons. The molecule has 0 aliphatic rings. The highest BCUT2D eigenvalue weighted by Crippen LogP contribution is 2.25. The number of benzene rings is 1. The van der Waals surface area contributed by atoms with E-state index < -0.39 is 9.84 Å². The molecule has 0 saturated heterocycles. The number of aryl methyl sites for hydroxylation is 1. The maximum absolute atomic E-state index is 12.6. The molecule has 0 atom stereocenters. The standard InChI is InChI=1S/C23H21N5O5S2/c1-15-13-24-23(34-15)27-21(29)12-16-10-19(33-18-5-7-20(8-6-18)35(2,31)32)11-17(26-16)14-28-22(30)4-3-9-25-28/h3-11,13H,12,14H2,1-2H3,(H,24,27,29). The molecule has 0 fully saturated rings. The van der Waals surface area contributed by atoms with Crippen LogP contribution in [0.3, 0.4) is 0 Å². The summed E-state index contributed by atoms with van der Waals surface area (Å²) in [4.78, 5) is 34.4. The number of hydrogen-bond donors (Lipinski definition) is 1. The van der Waals surface area contributed by atoms with Gasteiger partial charge in [0.05, 0.1) is 29.2 Å². The van der Waals surface area contributed by atoms with E-state index in [2.05, 4.69) is 20.4 Å². The monoisotopic (exact) mass is 511 g/mol. The van der Waals surface area contributed by atoms with Gasteiger partial charge < -0.3 is 10.1 Å². The first-order valence-electron chi connectivity index (χ1n) is 10.4. The molecule has 0 aliphatic carbocycles. The van der Waals surface area contributed by atoms with Crippen LogP contribution in [0.5, 0.6) is 11.5 Å². The van der Waals surface area contributed by atoms with Crippen LogP contribution in [-0.2, 0) is 27.6 Å². The molecule has 1 aromatic carbocycles. The predicted octanol–water partition coefficient (Wildman–Crippen LogP) is 2.83. The summed E-state index contributed by atoms with van der Waals surface area (Å²) < 4.78 is 30.6. The average molecular weight is 512 g/mol. The number of amides is 1. The number of hydrogen-bond acceptors (Lipinski definition) is 9. The van der Waals surface area contributed by atoms with Crippen LogP contribution in [0.25, 0.3) is 0 Å². The summed E-state index contributed by atoms with van der Waals surface area (Å²) in [7, 11) is -3.34. The van der Waals surface area contributed by atoms with Crippen molar-refractivity contribution in [1.29, 1.82) is 0 Å². The van der Waals surface area contributed by atoms with E-state index in [1.165, 1.54) is 52.5 Å². The van der Waals surface area contributed by atoms with Crippen LogP contribution in [0.4, 0.5) is 5.13 Å². The zero-order valence-electron chi connectivity index (χ0n) is 18.8. The van der Waals surface area contributed by atoms with E-state index in [-0.39, 0.29) is 29.3 Å². The van der Waals surface area contributed by atoms with E-state index in [1.807, 2.05) is 6.92 Å². The number of ether oxygens (including phenoxy) is 1. The zero-order valence-corrected chi connectivity index (χ0v) is 20.5. The molecule has 35 heavy (non-hydrogen) atoms. The van der Waals surface area contributed by atoms with Crippen LogP contribution in [-0.4, -0.2) is 40.3 Å². The van der Waals surface area contributed by atoms with Gasteiger partial charge in [0.1, 0.15) is 11.5 Å². The third-order valence-corrected chi connectivity index (χ3v) is 6.66. The lowest BCUT2D eigenvalue weighted by molar-refractivity contribution is -0.115. The molecule has 0 spiro atoms.